The molecule has 0 bridgehead atoms. The third-order valence-corrected chi connectivity index (χ3v) is 6.91. The number of unbranched alkanes of at least 4 members (excludes halogenated alkanes) is 5. The number of anilines is 1. The number of fused-ring (bicyclic) bond motifs is 1. The van der Waals surface area contributed by atoms with E-state index in [2.05, 4.69) is 11.9 Å². The summed E-state index contributed by atoms with van der Waals surface area (Å²) >= 11 is 0. The minimum absolute atomic E-state index is 0.0490. The monoisotopic (exact) mass is 557 g/mol. The lowest BCUT2D eigenvalue weighted by Gasteiger charge is -2.24. The van der Waals surface area contributed by atoms with Gasteiger partial charge < -0.3 is 20.1 Å². The quantitative estimate of drug-likeness (QED) is 0.274. The number of rotatable bonds is 11. The van der Waals surface area contributed by atoms with Crippen LogP contribution in [0.3, 0.4) is 0 Å². The number of benzene rings is 1. The third kappa shape index (κ3) is 8.97. The van der Waals surface area contributed by atoms with Gasteiger partial charge in [-0.05, 0) is 18.6 Å². The van der Waals surface area contributed by atoms with Crippen molar-refractivity contribution in [1.82, 2.24) is 9.55 Å². The first kappa shape index (κ1) is 29.9. The minimum atomic E-state index is -3.26. The summed E-state index contributed by atoms with van der Waals surface area (Å²) in [5.74, 6) is -3.33. The molecule has 3 heterocycles. The Labute approximate surface area is 221 Å². The molecule has 38 heavy (non-hydrogen) atoms. The van der Waals surface area contributed by atoms with E-state index in [4.69, 9.17) is 29.1 Å². The molecule has 0 amide bonds. The van der Waals surface area contributed by atoms with Gasteiger partial charge in [0.05, 0.1) is 19.3 Å². The summed E-state index contributed by atoms with van der Waals surface area (Å²) in [6.45, 7) is 2.34. The Hall–Kier alpha value is -2.66. The molecule has 13 heteroatoms. The number of alkyl halides is 2. The van der Waals surface area contributed by atoms with Crippen LogP contribution < -0.4 is 15.9 Å². The van der Waals surface area contributed by atoms with Crippen molar-refractivity contribution in [1.29, 1.82) is 0 Å². The lowest BCUT2D eigenvalue weighted by Crippen LogP contribution is -2.35. The second-order valence-corrected chi connectivity index (χ2v) is 10.2. The highest BCUT2D eigenvalue weighted by atomic mass is 31.2. The number of ether oxygens (including phenoxy) is 1. The lowest BCUT2D eigenvalue weighted by molar-refractivity contribution is -0.137. The zero-order chi connectivity index (χ0) is 27.5. The van der Waals surface area contributed by atoms with Crippen LogP contribution in [-0.4, -0.2) is 39.3 Å². The van der Waals surface area contributed by atoms with Crippen LogP contribution in [0.4, 0.5) is 14.6 Å². The Morgan fingerprint density at radius 2 is 1.97 bits per heavy atom. The SMILES string of the molecule is CCCCCCCCC(=O)O.Nc1ccn(C2OC(COP3OCc4ccccc4O3)CC2(F)F)c(=O)n1. The molecule has 1 fully saturated rings. The topological polar surface area (TPSA) is 135 Å². The Bertz CT molecular complexity index is 1100. The number of halogens is 2. The van der Waals surface area contributed by atoms with E-state index < -0.39 is 44.9 Å². The van der Waals surface area contributed by atoms with E-state index in [0.717, 1.165) is 29.2 Å². The van der Waals surface area contributed by atoms with E-state index in [9.17, 15) is 18.4 Å². The van der Waals surface area contributed by atoms with Crippen LogP contribution in [0.2, 0.25) is 0 Å². The van der Waals surface area contributed by atoms with Gasteiger partial charge in [0.1, 0.15) is 11.6 Å². The highest BCUT2D eigenvalue weighted by molar-refractivity contribution is 7.42. The molecule has 0 saturated carbocycles. The smallest absolute Gasteiger partial charge is 0.397 e. The van der Waals surface area contributed by atoms with Crippen LogP contribution in [0.25, 0.3) is 0 Å². The largest absolute Gasteiger partial charge is 0.481 e. The second kappa shape index (κ2) is 14.5. The summed E-state index contributed by atoms with van der Waals surface area (Å²) in [4.78, 5) is 25.4. The molecule has 0 radical (unpaired) electrons. The number of nitrogens with zero attached hydrogens (tertiary/aromatic N) is 2. The van der Waals surface area contributed by atoms with Gasteiger partial charge >= 0.3 is 20.3 Å². The van der Waals surface area contributed by atoms with Crippen LogP contribution in [0.5, 0.6) is 5.75 Å². The molecule has 10 nitrogen and oxygen atoms in total. The van der Waals surface area contributed by atoms with Gasteiger partial charge in [-0.15, -0.1) is 0 Å². The standard InChI is InChI=1S/C16H16F2N3O5P.C9H18O2/c17-16(18)7-11(25-14(16)21-6-5-13(19)20-15(21)22)9-24-27-23-8-10-3-1-2-4-12(10)26-27;1-2-3-4-5-6-7-8-9(10)11/h1-6,11,14H,7-9H2,(H2,19,20,22);2-8H2,1H3,(H,10,11). The van der Waals surface area contributed by atoms with E-state index in [1.54, 1.807) is 6.07 Å². The van der Waals surface area contributed by atoms with Gasteiger partial charge in [0.15, 0.2) is 0 Å². The Morgan fingerprint density at radius 3 is 2.71 bits per heavy atom. The molecule has 3 N–H and O–H groups in total. The molecule has 3 atom stereocenters. The van der Waals surface area contributed by atoms with E-state index in [0.29, 0.717) is 18.8 Å². The molecule has 0 aliphatic carbocycles. The van der Waals surface area contributed by atoms with E-state index in [-0.39, 0.29) is 12.4 Å². The van der Waals surface area contributed by atoms with E-state index >= 15 is 0 Å². The second-order valence-electron chi connectivity index (χ2n) is 9.02. The summed E-state index contributed by atoms with van der Waals surface area (Å²) in [6.07, 6.45) is 5.09. The molecule has 3 unspecified atom stereocenters. The van der Waals surface area contributed by atoms with Crippen LogP contribution in [0, 0.1) is 0 Å². The van der Waals surface area contributed by atoms with Crippen molar-refractivity contribution in [2.75, 3.05) is 12.3 Å². The maximum Gasteiger partial charge on any atom is 0.397 e. The fraction of sp³-hybridized carbons (Fsp3) is 0.560. The minimum Gasteiger partial charge on any atom is -0.481 e. The van der Waals surface area contributed by atoms with Crippen molar-refractivity contribution in [2.24, 2.45) is 0 Å². The van der Waals surface area contributed by atoms with Gasteiger partial charge in [-0.1, -0.05) is 57.2 Å². The average Bonchev–Trinajstić information content (AvgIpc) is 3.18. The number of carboxylic acids is 1. The van der Waals surface area contributed by atoms with Crippen LogP contribution >= 0.6 is 8.60 Å². The number of aliphatic carboxylic acids is 1. The fourth-order valence-electron chi connectivity index (χ4n) is 3.91. The first-order valence-corrected chi connectivity index (χ1v) is 13.7. The first-order valence-electron chi connectivity index (χ1n) is 12.6. The van der Waals surface area contributed by atoms with Gasteiger partial charge in [-0.2, -0.15) is 4.98 Å². The summed E-state index contributed by atoms with van der Waals surface area (Å²) in [7, 11) is -1.71. The Kier molecular flexibility index (Phi) is 11.4. The molecule has 2 aliphatic rings. The molecular weight excluding hydrogens is 523 g/mol. The number of carboxylic acid groups (broad SMARTS) is 1. The molecule has 210 valence electrons. The van der Waals surface area contributed by atoms with Crippen LogP contribution in [0.15, 0.2) is 41.3 Å². The molecular formula is C25H34F2N3O7P. The van der Waals surface area contributed by atoms with Crippen molar-refractivity contribution < 1.29 is 37.0 Å². The van der Waals surface area contributed by atoms with Crippen LogP contribution in [-0.2, 0) is 25.2 Å². The number of aromatic nitrogens is 2. The van der Waals surface area contributed by atoms with Crippen molar-refractivity contribution in [3.8, 4) is 5.75 Å². The van der Waals surface area contributed by atoms with Crippen LogP contribution in [0.1, 0.15) is 70.1 Å². The highest BCUT2D eigenvalue weighted by Crippen LogP contribution is 2.48. The molecule has 1 aromatic carbocycles. The zero-order valence-electron chi connectivity index (χ0n) is 21.3. The Balaban J connectivity index is 0.000000310. The summed E-state index contributed by atoms with van der Waals surface area (Å²) in [5.41, 5.74) is 5.37. The lowest BCUT2D eigenvalue weighted by atomic mass is 10.1. The zero-order valence-corrected chi connectivity index (χ0v) is 22.2. The number of hydrogen-bond donors (Lipinski definition) is 2. The van der Waals surface area contributed by atoms with E-state index in [1.165, 1.54) is 31.7 Å². The maximum absolute atomic E-state index is 14.3. The molecule has 1 saturated heterocycles. The fourth-order valence-corrected chi connectivity index (χ4v) is 4.96. The van der Waals surface area contributed by atoms with Crippen molar-refractivity contribution in [3.63, 3.8) is 0 Å². The molecule has 2 aliphatic heterocycles. The van der Waals surface area contributed by atoms with Gasteiger partial charge in [-0.25, -0.2) is 13.6 Å². The average molecular weight is 558 g/mol. The summed E-state index contributed by atoms with van der Waals surface area (Å²) in [6, 6.07) is 8.60. The predicted molar refractivity (Wildman–Crippen MR) is 137 cm³/mol. The molecule has 1 aromatic heterocycles. The van der Waals surface area contributed by atoms with Gasteiger partial charge in [-0.3, -0.25) is 18.4 Å². The predicted octanol–water partition coefficient (Wildman–Crippen LogP) is 5.42. The maximum atomic E-state index is 14.3. The van der Waals surface area contributed by atoms with Crippen molar-refractivity contribution in [3.05, 3.63) is 52.6 Å². The molecule has 4 rings (SSSR count). The number of hydrogen-bond acceptors (Lipinski definition) is 8. The van der Waals surface area contributed by atoms with E-state index in [1.807, 2.05) is 18.2 Å². The van der Waals surface area contributed by atoms with Gasteiger partial charge in [0.2, 0.25) is 6.23 Å². The highest BCUT2D eigenvalue weighted by Gasteiger charge is 2.52. The normalized spacial score (nSPS) is 21.6. The van der Waals surface area contributed by atoms with Crippen molar-refractivity contribution >= 4 is 20.4 Å². The number of nitrogens with two attached hydrogens (primary N) is 1. The summed E-state index contributed by atoms with van der Waals surface area (Å²) < 4.78 is 51.3. The van der Waals surface area contributed by atoms with Crippen molar-refractivity contribution in [2.45, 2.75) is 83.2 Å². The first-order chi connectivity index (χ1) is 18.2. The number of para-hydroxylation sites is 1. The summed E-state index contributed by atoms with van der Waals surface area (Å²) in [5, 5.41) is 8.32. The van der Waals surface area contributed by atoms with Gasteiger partial charge in [0.25, 0.3) is 5.92 Å². The molecule has 2 aromatic rings. The van der Waals surface area contributed by atoms with Gasteiger partial charge in [0, 0.05) is 24.6 Å². The third-order valence-electron chi connectivity index (χ3n) is 5.87. The number of nitrogen functional groups attached to an aromatic ring is 1. The Morgan fingerprint density at radius 1 is 1.24 bits per heavy atom. The number of carbonyl (C=O) groups is 1. The molecule has 0 spiro atoms.